The summed E-state index contributed by atoms with van der Waals surface area (Å²) in [4.78, 5) is 9.78. The van der Waals surface area contributed by atoms with E-state index in [-0.39, 0.29) is 18.0 Å². The van der Waals surface area contributed by atoms with Crippen LogP contribution in [0.2, 0.25) is 0 Å². The standard InChI is InChI=1S/C9H12N2O4/c1-6(12)5-10-8-3-2-7(11(14)15)4-9(8)13/h2-4,6,10,12-13H,5H2,1H3. The summed E-state index contributed by atoms with van der Waals surface area (Å²) in [6.45, 7) is 1.86. The molecular formula is C9H12N2O4. The van der Waals surface area contributed by atoms with Gasteiger partial charge in [0.05, 0.1) is 22.8 Å². The van der Waals surface area contributed by atoms with E-state index in [4.69, 9.17) is 5.11 Å². The molecule has 15 heavy (non-hydrogen) atoms. The Morgan fingerprint density at radius 3 is 2.73 bits per heavy atom. The Kier molecular flexibility index (Phi) is 3.46. The minimum atomic E-state index is -0.585. The van der Waals surface area contributed by atoms with Crippen LogP contribution in [0.4, 0.5) is 11.4 Å². The highest BCUT2D eigenvalue weighted by Gasteiger charge is 2.09. The van der Waals surface area contributed by atoms with E-state index in [2.05, 4.69) is 5.32 Å². The van der Waals surface area contributed by atoms with Crippen LogP contribution in [-0.4, -0.2) is 27.8 Å². The van der Waals surface area contributed by atoms with Gasteiger partial charge < -0.3 is 15.5 Å². The van der Waals surface area contributed by atoms with Gasteiger partial charge in [-0.15, -0.1) is 0 Å². The minimum Gasteiger partial charge on any atom is -0.506 e. The molecule has 6 nitrogen and oxygen atoms in total. The van der Waals surface area contributed by atoms with Crippen LogP contribution >= 0.6 is 0 Å². The summed E-state index contributed by atoms with van der Waals surface area (Å²) >= 11 is 0. The highest BCUT2D eigenvalue weighted by Crippen LogP contribution is 2.27. The van der Waals surface area contributed by atoms with Crippen LogP contribution in [0, 0.1) is 10.1 Å². The highest BCUT2D eigenvalue weighted by molar-refractivity contribution is 5.59. The molecule has 0 heterocycles. The maximum Gasteiger partial charge on any atom is 0.273 e. The highest BCUT2D eigenvalue weighted by atomic mass is 16.6. The van der Waals surface area contributed by atoms with Gasteiger partial charge in [0.25, 0.3) is 5.69 Å². The van der Waals surface area contributed by atoms with Crippen molar-refractivity contribution in [1.29, 1.82) is 0 Å². The molecule has 1 aromatic rings. The third kappa shape index (κ3) is 3.10. The first-order valence-corrected chi connectivity index (χ1v) is 4.40. The van der Waals surface area contributed by atoms with Crippen molar-refractivity contribution in [1.82, 2.24) is 0 Å². The molecule has 0 saturated heterocycles. The van der Waals surface area contributed by atoms with E-state index in [0.717, 1.165) is 6.07 Å². The summed E-state index contributed by atoms with van der Waals surface area (Å²) in [6.07, 6.45) is -0.556. The maximum atomic E-state index is 10.4. The number of nitrogens with zero attached hydrogens (tertiary/aromatic N) is 1. The zero-order chi connectivity index (χ0) is 11.4. The van der Waals surface area contributed by atoms with E-state index in [1.807, 2.05) is 0 Å². The first-order chi connectivity index (χ1) is 7.00. The Morgan fingerprint density at radius 2 is 2.27 bits per heavy atom. The number of phenolic OH excluding ortho intramolecular Hbond substituents is 1. The molecule has 1 rings (SSSR count). The van der Waals surface area contributed by atoms with Gasteiger partial charge in [0.1, 0.15) is 5.75 Å². The average Bonchev–Trinajstić information content (AvgIpc) is 2.15. The number of phenols is 1. The normalized spacial score (nSPS) is 12.1. The van der Waals surface area contributed by atoms with E-state index < -0.39 is 11.0 Å². The van der Waals surface area contributed by atoms with Crippen LogP contribution in [-0.2, 0) is 0 Å². The molecule has 0 fully saturated rings. The number of rotatable bonds is 4. The average molecular weight is 212 g/mol. The molecule has 3 N–H and O–H groups in total. The predicted octanol–water partition coefficient (Wildman–Crippen LogP) is 1.09. The van der Waals surface area contributed by atoms with Gasteiger partial charge in [0.15, 0.2) is 0 Å². The first kappa shape index (κ1) is 11.3. The molecule has 6 heteroatoms. The fraction of sp³-hybridized carbons (Fsp3) is 0.333. The summed E-state index contributed by atoms with van der Waals surface area (Å²) in [6, 6.07) is 3.74. The van der Waals surface area contributed by atoms with Crippen LogP contribution in [0.5, 0.6) is 5.75 Å². The second kappa shape index (κ2) is 4.61. The van der Waals surface area contributed by atoms with Crippen molar-refractivity contribution in [2.45, 2.75) is 13.0 Å². The van der Waals surface area contributed by atoms with Crippen molar-refractivity contribution in [2.24, 2.45) is 0 Å². The summed E-state index contributed by atoms with van der Waals surface area (Å²) in [5.41, 5.74) is 0.191. The van der Waals surface area contributed by atoms with Crippen LogP contribution in [0.1, 0.15) is 6.92 Å². The number of hydrogen-bond donors (Lipinski definition) is 3. The van der Waals surface area contributed by atoms with E-state index in [0.29, 0.717) is 5.69 Å². The second-order valence-corrected chi connectivity index (χ2v) is 3.19. The van der Waals surface area contributed by atoms with E-state index in [1.165, 1.54) is 12.1 Å². The molecule has 1 atom stereocenters. The molecule has 0 spiro atoms. The van der Waals surface area contributed by atoms with Gasteiger partial charge in [-0.2, -0.15) is 0 Å². The number of aliphatic hydroxyl groups excluding tert-OH is 1. The van der Waals surface area contributed by atoms with Crippen LogP contribution in [0.15, 0.2) is 18.2 Å². The Labute approximate surface area is 86.3 Å². The van der Waals surface area contributed by atoms with Crippen molar-refractivity contribution in [3.63, 3.8) is 0 Å². The minimum absolute atomic E-state index is 0.171. The Balaban J connectivity index is 2.79. The summed E-state index contributed by atoms with van der Waals surface area (Å²) in [7, 11) is 0. The number of anilines is 1. The van der Waals surface area contributed by atoms with Gasteiger partial charge in [-0.05, 0) is 13.0 Å². The number of aliphatic hydroxyl groups is 1. The second-order valence-electron chi connectivity index (χ2n) is 3.19. The zero-order valence-corrected chi connectivity index (χ0v) is 8.17. The van der Waals surface area contributed by atoms with Gasteiger partial charge in [-0.1, -0.05) is 0 Å². The van der Waals surface area contributed by atoms with Gasteiger partial charge >= 0.3 is 0 Å². The van der Waals surface area contributed by atoms with Gasteiger partial charge in [-0.3, -0.25) is 10.1 Å². The summed E-state index contributed by atoms with van der Waals surface area (Å²) < 4.78 is 0. The van der Waals surface area contributed by atoms with E-state index in [9.17, 15) is 15.2 Å². The van der Waals surface area contributed by atoms with Crippen LogP contribution in [0.3, 0.4) is 0 Å². The Hall–Kier alpha value is -1.82. The molecule has 0 bridgehead atoms. The predicted molar refractivity (Wildman–Crippen MR) is 54.9 cm³/mol. The molecule has 82 valence electrons. The molecule has 0 amide bonds. The van der Waals surface area contributed by atoms with E-state index in [1.54, 1.807) is 6.92 Å². The van der Waals surface area contributed by atoms with E-state index >= 15 is 0 Å². The maximum absolute atomic E-state index is 10.4. The van der Waals surface area contributed by atoms with Gasteiger partial charge in [-0.25, -0.2) is 0 Å². The van der Waals surface area contributed by atoms with Crippen molar-refractivity contribution in [2.75, 3.05) is 11.9 Å². The van der Waals surface area contributed by atoms with Gasteiger partial charge in [0, 0.05) is 12.6 Å². The number of hydrogen-bond acceptors (Lipinski definition) is 5. The number of nitrogens with one attached hydrogen (secondary N) is 1. The quantitative estimate of drug-likeness (QED) is 0.394. The molecule has 0 radical (unpaired) electrons. The third-order valence-corrected chi connectivity index (χ3v) is 1.78. The zero-order valence-electron chi connectivity index (χ0n) is 8.17. The molecule has 1 aromatic carbocycles. The lowest BCUT2D eigenvalue weighted by Crippen LogP contribution is -2.15. The molecular weight excluding hydrogens is 200 g/mol. The number of aromatic hydroxyl groups is 1. The lowest BCUT2D eigenvalue weighted by molar-refractivity contribution is -0.384. The smallest absolute Gasteiger partial charge is 0.273 e. The largest absolute Gasteiger partial charge is 0.506 e. The molecule has 1 unspecified atom stereocenters. The molecule has 0 saturated carbocycles. The monoisotopic (exact) mass is 212 g/mol. The molecule has 0 aromatic heterocycles. The van der Waals surface area contributed by atoms with Crippen LogP contribution in [0.25, 0.3) is 0 Å². The Bertz CT molecular complexity index is 365. The van der Waals surface area contributed by atoms with Crippen molar-refractivity contribution in [3.8, 4) is 5.75 Å². The van der Waals surface area contributed by atoms with Crippen molar-refractivity contribution >= 4 is 11.4 Å². The third-order valence-electron chi connectivity index (χ3n) is 1.78. The first-order valence-electron chi connectivity index (χ1n) is 4.40. The Morgan fingerprint density at radius 1 is 1.60 bits per heavy atom. The number of non-ortho nitro benzene ring substituents is 1. The summed E-state index contributed by atoms with van der Waals surface area (Å²) in [5.74, 6) is -0.204. The molecule has 0 aliphatic rings. The van der Waals surface area contributed by atoms with Crippen molar-refractivity contribution < 1.29 is 15.1 Å². The number of nitro groups is 1. The lowest BCUT2D eigenvalue weighted by Gasteiger charge is -2.09. The van der Waals surface area contributed by atoms with Crippen molar-refractivity contribution in [3.05, 3.63) is 28.3 Å². The fourth-order valence-corrected chi connectivity index (χ4v) is 1.04. The number of nitro benzene ring substituents is 1. The lowest BCUT2D eigenvalue weighted by atomic mass is 10.2. The fourth-order valence-electron chi connectivity index (χ4n) is 1.04. The van der Waals surface area contributed by atoms with Crippen LogP contribution < -0.4 is 5.32 Å². The summed E-state index contributed by atoms with van der Waals surface area (Å²) in [5, 5.41) is 31.5. The topological polar surface area (TPSA) is 95.6 Å². The van der Waals surface area contributed by atoms with Gasteiger partial charge in [0.2, 0.25) is 0 Å². The number of benzene rings is 1. The molecule has 0 aliphatic heterocycles. The SMILES string of the molecule is CC(O)CNc1ccc([N+](=O)[O-])cc1O. The molecule has 0 aliphatic carbocycles.